The molecule has 0 aromatic heterocycles. The molecule has 1 aliphatic heterocycles. The molecule has 1 aliphatic rings. The first-order chi connectivity index (χ1) is 8.46. The number of hydrogen-bond donors (Lipinski definition) is 1. The van der Waals surface area contributed by atoms with Crippen molar-refractivity contribution in [1.82, 2.24) is 0 Å². The molecule has 1 N–H and O–H groups in total. The number of benzene rings is 1. The van der Waals surface area contributed by atoms with Gasteiger partial charge in [0, 0.05) is 5.92 Å². The first-order valence-corrected chi connectivity index (χ1v) is 7.86. The van der Waals surface area contributed by atoms with E-state index in [-0.39, 0.29) is 24.0 Å². The summed E-state index contributed by atoms with van der Waals surface area (Å²) in [5, 5.41) is 9.92. The van der Waals surface area contributed by atoms with Crippen molar-refractivity contribution in [3.63, 3.8) is 0 Å². The van der Waals surface area contributed by atoms with Gasteiger partial charge in [0.05, 0.1) is 17.6 Å². The molecule has 1 fully saturated rings. The fourth-order valence-corrected chi connectivity index (χ4v) is 4.02. The number of rotatable bonds is 4. The summed E-state index contributed by atoms with van der Waals surface area (Å²) in [5.74, 6) is 0.763. The highest BCUT2D eigenvalue weighted by Crippen LogP contribution is 2.22. The molecule has 5 heteroatoms. The van der Waals surface area contributed by atoms with Crippen molar-refractivity contribution in [2.45, 2.75) is 19.4 Å². The second kappa shape index (κ2) is 5.28. The Bertz CT molecular complexity index is 509. The normalized spacial score (nSPS) is 23.8. The lowest BCUT2D eigenvalue weighted by Crippen LogP contribution is -2.28. The van der Waals surface area contributed by atoms with Crippen LogP contribution >= 0.6 is 0 Å². The van der Waals surface area contributed by atoms with Gasteiger partial charge in [-0.1, -0.05) is 12.1 Å². The van der Waals surface area contributed by atoms with Gasteiger partial charge in [-0.05, 0) is 31.0 Å². The topological polar surface area (TPSA) is 63.6 Å². The summed E-state index contributed by atoms with van der Waals surface area (Å²) in [6.45, 7) is 2.11. The van der Waals surface area contributed by atoms with Gasteiger partial charge in [-0.25, -0.2) is 8.42 Å². The molecular formula is C13H18O4S. The second-order valence-corrected chi connectivity index (χ2v) is 7.09. The van der Waals surface area contributed by atoms with Crippen LogP contribution in [-0.2, 0) is 9.84 Å². The van der Waals surface area contributed by atoms with Gasteiger partial charge in [0.15, 0.2) is 9.84 Å². The molecule has 2 rings (SSSR count). The molecule has 0 bridgehead atoms. The van der Waals surface area contributed by atoms with Crippen LogP contribution in [0.4, 0.5) is 0 Å². The van der Waals surface area contributed by atoms with Crippen molar-refractivity contribution in [3.8, 4) is 5.75 Å². The number of hydrogen-bond acceptors (Lipinski definition) is 4. The largest absolute Gasteiger partial charge is 0.491 e. The third kappa shape index (κ3) is 3.46. The molecule has 0 radical (unpaired) electrons. The summed E-state index contributed by atoms with van der Waals surface area (Å²) < 4.78 is 28.1. The van der Waals surface area contributed by atoms with Crippen LogP contribution in [0, 0.1) is 12.8 Å². The van der Waals surface area contributed by atoms with Gasteiger partial charge >= 0.3 is 0 Å². The Morgan fingerprint density at radius 1 is 1.50 bits per heavy atom. The average molecular weight is 270 g/mol. The van der Waals surface area contributed by atoms with Gasteiger partial charge in [-0.15, -0.1) is 0 Å². The molecule has 2 atom stereocenters. The molecule has 100 valence electrons. The summed E-state index contributed by atoms with van der Waals surface area (Å²) in [6.07, 6.45) is -0.191. The zero-order valence-corrected chi connectivity index (χ0v) is 11.2. The van der Waals surface area contributed by atoms with Gasteiger partial charge in [0.2, 0.25) is 0 Å². The first-order valence-electron chi connectivity index (χ1n) is 6.04. The Morgan fingerprint density at radius 3 is 2.89 bits per heavy atom. The van der Waals surface area contributed by atoms with Crippen LogP contribution in [0.3, 0.4) is 0 Å². The molecule has 0 amide bonds. The minimum absolute atomic E-state index is 0.0747. The highest BCUT2D eigenvalue weighted by molar-refractivity contribution is 7.91. The Labute approximate surface area is 108 Å². The Balaban J connectivity index is 1.87. The minimum Gasteiger partial charge on any atom is -0.491 e. The second-order valence-electron chi connectivity index (χ2n) is 4.86. The predicted molar refractivity (Wildman–Crippen MR) is 69.4 cm³/mol. The summed E-state index contributed by atoms with van der Waals surface area (Å²) in [7, 11) is -2.95. The van der Waals surface area contributed by atoms with E-state index in [9.17, 15) is 13.5 Å². The van der Waals surface area contributed by atoms with E-state index in [0.717, 1.165) is 5.56 Å². The highest BCUT2D eigenvalue weighted by atomic mass is 32.2. The van der Waals surface area contributed by atoms with Crippen LogP contribution in [0.15, 0.2) is 24.3 Å². The summed E-state index contributed by atoms with van der Waals surface area (Å²) in [6, 6.07) is 7.56. The standard InChI is InChI=1S/C13H18O4S/c1-10-3-2-4-12(7-10)17-8-13(14)11-5-6-18(15,16)9-11/h2-4,7,11,13-14H,5-6,8-9H2,1H3. The number of aliphatic hydroxyl groups is 1. The fourth-order valence-electron chi connectivity index (χ4n) is 2.15. The van der Waals surface area contributed by atoms with E-state index in [1.165, 1.54) is 0 Å². The number of aryl methyl sites for hydroxylation is 1. The van der Waals surface area contributed by atoms with Crippen LogP contribution < -0.4 is 4.74 Å². The van der Waals surface area contributed by atoms with Gasteiger partial charge < -0.3 is 9.84 Å². The monoisotopic (exact) mass is 270 g/mol. The van der Waals surface area contributed by atoms with E-state index in [2.05, 4.69) is 0 Å². The molecular weight excluding hydrogens is 252 g/mol. The maximum atomic E-state index is 11.3. The maximum Gasteiger partial charge on any atom is 0.150 e. The average Bonchev–Trinajstić information content (AvgIpc) is 2.67. The number of sulfone groups is 1. The third-order valence-electron chi connectivity index (χ3n) is 3.22. The van der Waals surface area contributed by atoms with Gasteiger partial charge in [-0.3, -0.25) is 0 Å². The molecule has 4 nitrogen and oxygen atoms in total. The van der Waals surface area contributed by atoms with Crippen LogP contribution in [-0.4, -0.2) is 37.7 Å². The zero-order valence-electron chi connectivity index (χ0n) is 10.4. The van der Waals surface area contributed by atoms with Crippen molar-refractivity contribution in [3.05, 3.63) is 29.8 Å². The van der Waals surface area contributed by atoms with E-state index in [4.69, 9.17) is 4.74 Å². The Kier molecular flexibility index (Phi) is 3.92. The van der Waals surface area contributed by atoms with Crippen LogP contribution in [0.5, 0.6) is 5.75 Å². The smallest absolute Gasteiger partial charge is 0.150 e. The molecule has 1 aromatic rings. The minimum atomic E-state index is -2.95. The van der Waals surface area contributed by atoms with Gasteiger partial charge in [0.1, 0.15) is 12.4 Å². The Hall–Kier alpha value is -1.07. The van der Waals surface area contributed by atoms with Crippen molar-refractivity contribution in [1.29, 1.82) is 0 Å². The van der Waals surface area contributed by atoms with Crippen molar-refractivity contribution >= 4 is 9.84 Å². The maximum absolute atomic E-state index is 11.3. The molecule has 2 unspecified atom stereocenters. The van der Waals surface area contributed by atoms with E-state index in [1.54, 1.807) is 0 Å². The highest BCUT2D eigenvalue weighted by Gasteiger charge is 2.33. The van der Waals surface area contributed by atoms with Crippen LogP contribution in [0.25, 0.3) is 0 Å². The molecule has 1 heterocycles. The molecule has 0 aliphatic carbocycles. The predicted octanol–water partition coefficient (Wildman–Crippen LogP) is 1.17. The summed E-state index contributed by atoms with van der Waals surface area (Å²) >= 11 is 0. The van der Waals surface area contributed by atoms with Gasteiger partial charge in [-0.2, -0.15) is 0 Å². The third-order valence-corrected chi connectivity index (χ3v) is 5.02. The fraction of sp³-hybridized carbons (Fsp3) is 0.538. The summed E-state index contributed by atoms with van der Waals surface area (Å²) in [5.41, 5.74) is 1.09. The molecule has 0 saturated carbocycles. The van der Waals surface area contributed by atoms with Crippen molar-refractivity contribution in [2.24, 2.45) is 5.92 Å². The van der Waals surface area contributed by atoms with Crippen LogP contribution in [0.2, 0.25) is 0 Å². The van der Waals surface area contributed by atoms with Crippen molar-refractivity contribution < 1.29 is 18.3 Å². The number of ether oxygens (including phenoxy) is 1. The zero-order chi connectivity index (χ0) is 13.2. The molecule has 0 spiro atoms. The quantitative estimate of drug-likeness (QED) is 0.892. The lowest BCUT2D eigenvalue weighted by molar-refractivity contribution is 0.0661. The molecule has 1 aromatic carbocycles. The lowest BCUT2D eigenvalue weighted by Gasteiger charge is -2.17. The van der Waals surface area contributed by atoms with E-state index >= 15 is 0 Å². The van der Waals surface area contributed by atoms with E-state index in [1.807, 2.05) is 31.2 Å². The Morgan fingerprint density at radius 2 is 2.28 bits per heavy atom. The molecule has 18 heavy (non-hydrogen) atoms. The molecule has 1 saturated heterocycles. The number of aliphatic hydroxyl groups excluding tert-OH is 1. The van der Waals surface area contributed by atoms with Crippen molar-refractivity contribution in [2.75, 3.05) is 18.1 Å². The summed E-state index contributed by atoms with van der Waals surface area (Å²) in [4.78, 5) is 0. The lowest BCUT2D eigenvalue weighted by atomic mass is 10.0. The SMILES string of the molecule is Cc1cccc(OCC(O)C2CCS(=O)(=O)C2)c1. The first kappa shape index (κ1) is 13.4. The van der Waals surface area contributed by atoms with E-state index < -0.39 is 15.9 Å². The van der Waals surface area contributed by atoms with Gasteiger partial charge in [0.25, 0.3) is 0 Å². The van der Waals surface area contributed by atoms with Crippen LogP contribution in [0.1, 0.15) is 12.0 Å². The van der Waals surface area contributed by atoms with E-state index in [0.29, 0.717) is 12.2 Å².